The molecule has 2 heteroatoms. The van der Waals surface area contributed by atoms with Crippen LogP contribution in [0, 0.1) is 0 Å². The van der Waals surface area contributed by atoms with Gasteiger partial charge in [0, 0.05) is 21.5 Å². The van der Waals surface area contributed by atoms with E-state index in [0.717, 1.165) is 66.1 Å². The lowest BCUT2D eigenvalue weighted by molar-refractivity contribution is 0.668. The predicted molar refractivity (Wildman–Crippen MR) is 260 cm³/mol. The molecule has 1 aliphatic rings. The zero-order valence-corrected chi connectivity index (χ0v) is 33.4. The largest absolute Gasteiger partial charge is 0.456 e. The van der Waals surface area contributed by atoms with Crippen LogP contribution in [0.25, 0.3) is 143 Å². The van der Waals surface area contributed by atoms with Crippen molar-refractivity contribution >= 4 is 76.2 Å². The molecular weight excluding hydrogens is 753 g/mol. The Balaban J connectivity index is 1.08. The monoisotopic (exact) mass is 786 g/mol. The standard InChI is InChI=1S/C60H34O2/c1-4-14-42-39(11-1)40-12-2-5-15-43(40)52-34-54-50-30-36(38-24-28-60-56(32-38)48-18-8-10-20-58(48)62-60)22-26-46(50)49-29-35(37-23-27-59-55(31-37)47-17-7-9-19-57(47)61-59)21-25-45(49)41-13-3-6-16-44(41)53(54)33-51(42)52/h1-34H. The van der Waals surface area contributed by atoms with Crippen molar-refractivity contribution < 1.29 is 8.83 Å². The van der Waals surface area contributed by atoms with Gasteiger partial charge in [0.2, 0.25) is 0 Å². The van der Waals surface area contributed by atoms with E-state index in [-0.39, 0.29) is 0 Å². The van der Waals surface area contributed by atoms with Crippen LogP contribution in [-0.2, 0) is 0 Å². The maximum Gasteiger partial charge on any atom is 0.135 e. The Morgan fingerprint density at radius 1 is 0.177 bits per heavy atom. The van der Waals surface area contributed by atoms with Gasteiger partial charge in [0.05, 0.1) is 0 Å². The molecule has 0 amide bonds. The second-order valence-electron chi connectivity index (χ2n) is 16.7. The molecule has 2 nitrogen and oxygen atoms in total. The molecule has 0 atom stereocenters. The van der Waals surface area contributed by atoms with E-state index < -0.39 is 0 Å². The van der Waals surface area contributed by atoms with Gasteiger partial charge in [-0.2, -0.15) is 0 Å². The van der Waals surface area contributed by atoms with Crippen molar-refractivity contribution in [1.29, 1.82) is 0 Å². The van der Waals surface area contributed by atoms with Crippen LogP contribution in [0.2, 0.25) is 0 Å². The number of hydrogen-bond donors (Lipinski definition) is 0. The normalized spacial score (nSPS) is 12.2. The van der Waals surface area contributed by atoms with Crippen LogP contribution in [0.3, 0.4) is 0 Å². The Labute approximate surface area is 356 Å². The molecule has 0 bridgehead atoms. The average molecular weight is 787 g/mol. The molecule has 0 saturated heterocycles. The topological polar surface area (TPSA) is 26.3 Å². The van der Waals surface area contributed by atoms with Gasteiger partial charge in [-0.1, -0.05) is 146 Å². The second-order valence-corrected chi connectivity index (χ2v) is 16.7. The van der Waals surface area contributed by atoms with Crippen LogP contribution >= 0.6 is 0 Å². The summed E-state index contributed by atoms with van der Waals surface area (Å²) >= 11 is 0. The third-order valence-corrected chi connectivity index (χ3v) is 13.4. The highest BCUT2D eigenvalue weighted by Crippen LogP contribution is 2.52. The second kappa shape index (κ2) is 12.7. The minimum absolute atomic E-state index is 0.900. The first kappa shape index (κ1) is 33.6. The third kappa shape index (κ3) is 4.80. The molecule has 0 fully saturated rings. The minimum Gasteiger partial charge on any atom is -0.456 e. The molecule has 0 saturated carbocycles. The molecule has 0 aliphatic heterocycles. The first-order valence-corrected chi connectivity index (χ1v) is 21.3. The van der Waals surface area contributed by atoms with E-state index >= 15 is 0 Å². The van der Waals surface area contributed by atoms with Gasteiger partial charge in [-0.15, -0.1) is 0 Å². The SMILES string of the molecule is c1ccc2c(c1)-c1ccc(-c3ccc4oc5ccccc5c4c3)cc1-c1ccc(-c3ccc4oc5ccccc5c4c3)cc1-c1cc3c4ccccc4c4ccccc4c3cc1-2. The Morgan fingerprint density at radius 3 is 1.00 bits per heavy atom. The van der Waals surface area contributed by atoms with E-state index in [1.807, 2.05) is 24.3 Å². The molecule has 0 spiro atoms. The Bertz CT molecular complexity index is 4050. The van der Waals surface area contributed by atoms with E-state index in [0.29, 0.717) is 0 Å². The van der Waals surface area contributed by atoms with Crippen molar-refractivity contribution in [2.24, 2.45) is 0 Å². The molecule has 286 valence electrons. The molecule has 0 N–H and O–H groups in total. The molecule has 1 aliphatic carbocycles. The molecule has 2 aromatic heterocycles. The molecule has 62 heavy (non-hydrogen) atoms. The number of rotatable bonds is 2. The lowest BCUT2D eigenvalue weighted by Crippen LogP contribution is -1.99. The first-order valence-electron chi connectivity index (χ1n) is 21.3. The molecule has 2 heterocycles. The number of furan rings is 2. The van der Waals surface area contributed by atoms with Crippen LogP contribution in [0.4, 0.5) is 0 Å². The quantitative estimate of drug-likeness (QED) is 0.163. The minimum atomic E-state index is 0.900. The van der Waals surface area contributed by atoms with Crippen molar-refractivity contribution in [3.8, 4) is 66.8 Å². The summed E-state index contributed by atoms with van der Waals surface area (Å²) in [4.78, 5) is 0. The smallest absolute Gasteiger partial charge is 0.135 e. The van der Waals surface area contributed by atoms with Crippen LogP contribution in [0.15, 0.2) is 215 Å². The third-order valence-electron chi connectivity index (χ3n) is 13.4. The molecular formula is C60H34O2. The van der Waals surface area contributed by atoms with Crippen LogP contribution in [0.5, 0.6) is 0 Å². The van der Waals surface area contributed by atoms with E-state index in [2.05, 4.69) is 182 Å². The summed E-state index contributed by atoms with van der Waals surface area (Å²) in [6, 6.07) is 75.7. The fourth-order valence-electron chi connectivity index (χ4n) is 10.5. The van der Waals surface area contributed by atoms with Gasteiger partial charge in [-0.05, 0) is 160 Å². The van der Waals surface area contributed by atoms with E-state index in [1.165, 1.54) is 76.8 Å². The van der Waals surface area contributed by atoms with E-state index in [1.54, 1.807) is 0 Å². The van der Waals surface area contributed by atoms with E-state index in [4.69, 9.17) is 8.83 Å². The molecule has 11 aromatic carbocycles. The van der Waals surface area contributed by atoms with Crippen LogP contribution in [-0.4, -0.2) is 0 Å². The Hall–Kier alpha value is -8.20. The highest BCUT2D eigenvalue weighted by atomic mass is 16.3. The van der Waals surface area contributed by atoms with E-state index in [9.17, 15) is 0 Å². The first-order chi connectivity index (χ1) is 30.7. The number of hydrogen-bond acceptors (Lipinski definition) is 2. The lowest BCUT2D eigenvalue weighted by Gasteiger charge is -2.25. The van der Waals surface area contributed by atoms with Gasteiger partial charge in [-0.25, -0.2) is 0 Å². The van der Waals surface area contributed by atoms with Crippen molar-refractivity contribution in [3.05, 3.63) is 206 Å². The van der Waals surface area contributed by atoms with Gasteiger partial charge in [0.1, 0.15) is 22.3 Å². The van der Waals surface area contributed by atoms with Crippen molar-refractivity contribution in [1.82, 2.24) is 0 Å². The van der Waals surface area contributed by atoms with Gasteiger partial charge < -0.3 is 8.83 Å². The summed E-state index contributed by atoms with van der Waals surface area (Å²) in [6.07, 6.45) is 0. The van der Waals surface area contributed by atoms with Crippen molar-refractivity contribution in [2.75, 3.05) is 0 Å². The maximum atomic E-state index is 6.27. The van der Waals surface area contributed by atoms with Crippen LogP contribution in [0.1, 0.15) is 0 Å². The van der Waals surface area contributed by atoms with Gasteiger partial charge >= 0.3 is 0 Å². The van der Waals surface area contributed by atoms with Crippen molar-refractivity contribution in [2.45, 2.75) is 0 Å². The molecule has 14 rings (SSSR count). The zero-order chi connectivity index (χ0) is 40.5. The summed E-state index contributed by atoms with van der Waals surface area (Å²) < 4.78 is 12.5. The summed E-state index contributed by atoms with van der Waals surface area (Å²) in [5.41, 5.74) is 18.0. The summed E-state index contributed by atoms with van der Waals surface area (Å²) in [6.45, 7) is 0. The van der Waals surface area contributed by atoms with Gasteiger partial charge in [-0.3, -0.25) is 0 Å². The fraction of sp³-hybridized carbons (Fsp3) is 0. The lowest BCUT2D eigenvalue weighted by atomic mass is 9.78. The van der Waals surface area contributed by atoms with Crippen molar-refractivity contribution in [3.63, 3.8) is 0 Å². The summed E-state index contributed by atoms with van der Waals surface area (Å²) in [5.74, 6) is 0. The van der Waals surface area contributed by atoms with Gasteiger partial charge in [0.15, 0.2) is 0 Å². The van der Waals surface area contributed by atoms with Gasteiger partial charge in [0.25, 0.3) is 0 Å². The zero-order valence-electron chi connectivity index (χ0n) is 33.4. The number of benzene rings is 11. The molecule has 0 radical (unpaired) electrons. The predicted octanol–water partition coefficient (Wildman–Crippen LogP) is 17.3. The number of fused-ring (bicyclic) bond motifs is 20. The molecule has 13 aromatic rings. The summed E-state index contributed by atoms with van der Waals surface area (Å²) in [5, 5.41) is 12.1. The molecule has 0 unspecified atom stereocenters. The highest BCUT2D eigenvalue weighted by Gasteiger charge is 2.25. The summed E-state index contributed by atoms with van der Waals surface area (Å²) in [7, 11) is 0. The fourth-order valence-corrected chi connectivity index (χ4v) is 10.5. The number of para-hydroxylation sites is 2. The highest BCUT2D eigenvalue weighted by molar-refractivity contribution is 6.27. The maximum absolute atomic E-state index is 6.27. The Kier molecular flexibility index (Phi) is 6.86. The van der Waals surface area contributed by atoms with Crippen LogP contribution < -0.4 is 0 Å². The Morgan fingerprint density at radius 2 is 0.484 bits per heavy atom. The average Bonchev–Trinajstić information content (AvgIpc) is 3.91.